The van der Waals surface area contributed by atoms with Crippen LogP contribution in [0.4, 0.5) is 11.4 Å². The van der Waals surface area contributed by atoms with Crippen LogP contribution in [0.1, 0.15) is 16.1 Å². The number of hydrogen-bond donors (Lipinski definition) is 2. The zero-order valence-electron chi connectivity index (χ0n) is 16.5. The predicted molar refractivity (Wildman–Crippen MR) is 115 cm³/mol. The number of furan rings is 1. The number of nitrogens with one attached hydrogen (secondary N) is 2. The van der Waals surface area contributed by atoms with Gasteiger partial charge in [-0.05, 0) is 29.8 Å². The molecule has 4 rings (SSSR count). The summed E-state index contributed by atoms with van der Waals surface area (Å²) < 4.78 is 12.4. The molecule has 2 heterocycles. The normalized spacial score (nSPS) is 10.5. The Morgan fingerprint density at radius 1 is 0.968 bits per heavy atom. The molecule has 156 valence electrons. The number of nitrogens with zero attached hydrogens (tertiary/aromatic N) is 2. The largest absolute Gasteiger partial charge is 0.484 e. The number of ether oxygens (including phenoxy) is 1. The predicted octanol–water partition coefficient (Wildman–Crippen LogP) is 3.79. The Morgan fingerprint density at radius 3 is 2.65 bits per heavy atom. The molecule has 2 amide bonds. The molecule has 0 saturated heterocycles. The molecule has 2 N–H and O–H groups in total. The minimum atomic E-state index is -0.368. The number of hydrogen-bond acceptors (Lipinski definition) is 5. The van der Waals surface area contributed by atoms with Crippen LogP contribution in [0.15, 0.2) is 89.8 Å². The molecule has 8 heteroatoms. The Labute approximate surface area is 178 Å². The van der Waals surface area contributed by atoms with Crippen LogP contribution in [0, 0.1) is 0 Å². The summed E-state index contributed by atoms with van der Waals surface area (Å²) in [5, 5.41) is 9.72. The molecular formula is C23H20N4O4. The molecular weight excluding hydrogens is 396 g/mol. The van der Waals surface area contributed by atoms with Gasteiger partial charge in [-0.25, -0.2) is 0 Å². The molecule has 0 saturated carbocycles. The average molecular weight is 416 g/mol. The molecule has 2 aromatic heterocycles. The standard InChI is InChI=1S/C23H20N4O4/c28-22(25-19-13-24-27(15-19)14-17-6-2-1-3-7-17)16-31-20-9-4-8-18(12-20)26-23(29)21-10-5-11-30-21/h1-13,15H,14,16H2,(H,25,28)(H,26,29). The van der Waals surface area contributed by atoms with E-state index >= 15 is 0 Å². The second kappa shape index (κ2) is 9.45. The van der Waals surface area contributed by atoms with Crippen molar-refractivity contribution in [3.63, 3.8) is 0 Å². The Kier molecular flexibility index (Phi) is 6.08. The maximum absolute atomic E-state index is 12.2. The van der Waals surface area contributed by atoms with E-state index in [1.807, 2.05) is 30.3 Å². The summed E-state index contributed by atoms with van der Waals surface area (Å²) in [4.78, 5) is 24.3. The second-order valence-corrected chi connectivity index (χ2v) is 6.71. The minimum absolute atomic E-state index is 0.181. The quantitative estimate of drug-likeness (QED) is 0.455. The van der Waals surface area contributed by atoms with Gasteiger partial charge < -0.3 is 19.8 Å². The summed E-state index contributed by atoms with van der Waals surface area (Å²) in [5.74, 6) is -0.0256. The van der Waals surface area contributed by atoms with Gasteiger partial charge in [-0.1, -0.05) is 36.4 Å². The van der Waals surface area contributed by atoms with Gasteiger partial charge in [-0.2, -0.15) is 5.10 Å². The minimum Gasteiger partial charge on any atom is -0.484 e. The lowest BCUT2D eigenvalue weighted by atomic mass is 10.2. The van der Waals surface area contributed by atoms with Gasteiger partial charge in [0, 0.05) is 18.0 Å². The highest BCUT2D eigenvalue weighted by Gasteiger charge is 2.10. The van der Waals surface area contributed by atoms with Crippen molar-refractivity contribution in [1.29, 1.82) is 0 Å². The zero-order chi connectivity index (χ0) is 21.5. The first-order chi connectivity index (χ1) is 15.2. The van der Waals surface area contributed by atoms with Crippen molar-refractivity contribution in [1.82, 2.24) is 9.78 Å². The molecule has 0 radical (unpaired) electrons. The molecule has 0 atom stereocenters. The van der Waals surface area contributed by atoms with E-state index < -0.39 is 0 Å². The number of rotatable bonds is 8. The third-order valence-electron chi connectivity index (χ3n) is 4.31. The van der Waals surface area contributed by atoms with E-state index in [4.69, 9.17) is 9.15 Å². The molecule has 0 aliphatic heterocycles. The van der Waals surface area contributed by atoms with Crippen LogP contribution in [0.25, 0.3) is 0 Å². The van der Waals surface area contributed by atoms with Crippen LogP contribution in [0.5, 0.6) is 5.75 Å². The molecule has 0 bridgehead atoms. The summed E-state index contributed by atoms with van der Waals surface area (Å²) >= 11 is 0. The first kappa shape index (κ1) is 20.0. The van der Waals surface area contributed by atoms with Gasteiger partial charge in [0.05, 0.1) is 24.7 Å². The SMILES string of the molecule is O=C(COc1cccc(NC(=O)c2ccco2)c1)Nc1cnn(Cc2ccccc2)c1. The molecule has 0 unspecified atom stereocenters. The molecule has 0 spiro atoms. The van der Waals surface area contributed by atoms with E-state index in [0.29, 0.717) is 23.7 Å². The van der Waals surface area contributed by atoms with Gasteiger partial charge >= 0.3 is 0 Å². The third-order valence-corrected chi connectivity index (χ3v) is 4.31. The maximum Gasteiger partial charge on any atom is 0.291 e. The van der Waals surface area contributed by atoms with Crippen LogP contribution >= 0.6 is 0 Å². The lowest BCUT2D eigenvalue weighted by molar-refractivity contribution is -0.118. The molecule has 0 aliphatic carbocycles. The topological polar surface area (TPSA) is 98.4 Å². The molecule has 2 aromatic carbocycles. The van der Waals surface area contributed by atoms with Gasteiger partial charge in [0.1, 0.15) is 5.75 Å². The average Bonchev–Trinajstić information content (AvgIpc) is 3.46. The second-order valence-electron chi connectivity index (χ2n) is 6.71. The lowest BCUT2D eigenvalue weighted by Crippen LogP contribution is -2.20. The van der Waals surface area contributed by atoms with Gasteiger partial charge in [0.25, 0.3) is 11.8 Å². The van der Waals surface area contributed by atoms with Gasteiger partial charge in [-0.15, -0.1) is 0 Å². The summed E-state index contributed by atoms with van der Waals surface area (Å²) in [5.41, 5.74) is 2.23. The summed E-state index contributed by atoms with van der Waals surface area (Å²) in [7, 11) is 0. The van der Waals surface area contributed by atoms with Crippen LogP contribution in [0.3, 0.4) is 0 Å². The molecule has 0 aliphatic rings. The number of anilines is 2. The van der Waals surface area contributed by atoms with Crippen molar-refractivity contribution in [3.05, 3.63) is 96.7 Å². The van der Waals surface area contributed by atoms with Gasteiger partial charge in [0.15, 0.2) is 12.4 Å². The number of carbonyl (C=O) groups is 2. The van der Waals surface area contributed by atoms with Crippen molar-refractivity contribution < 1.29 is 18.7 Å². The molecule has 31 heavy (non-hydrogen) atoms. The number of carbonyl (C=O) groups excluding carboxylic acids is 2. The zero-order valence-corrected chi connectivity index (χ0v) is 16.5. The Morgan fingerprint density at radius 2 is 1.84 bits per heavy atom. The summed E-state index contributed by atoms with van der Waals surface area (Å²) in [6, 6.07) is 19.9. The molecule has 0 fully saturated rings. The fraction of sp³-hybridized carbons (Fsp3) is 0.0870. The van der Waals surface area contributed by atoms with Crippen LogP contribution in [-0.4, -0.2) is 28.2 Å². The molecule has 4 aromatic rings. The fourth-order valence-electron chi connectivity index (χ4n) is 2.90. The Balaban J connectivity index is 1.28. The Hall–Kier alpha value is -4.33. The Bertz CT molecular complexity index is 1150. The van der Waals surface area contributed by atoms with Crippen molar-refractivity contribution in [3.8, 4) is 5.75 Å². The van der Waals surface area contributed by atoms with E-state index in [1.54, 1.807) is 53.5 Å². The van der Waals surface area contributed by atoms with E-state index in [1.165, 1.54) is 6.26 Å². The van der Waals surface area contributed by atoms with E-state index in [9.17, 15) is 9.59 Å². The maximum atomic E-state index is 12.2. The van der Waals surface area contributed by atoms with Gasteiger partial charge in [0.2, 0.25) is 0 Å². The highest BCUT2D eigenvalue weighted by molar-refractivity contribution is 6.02. The summed E-state index contributed by atoms with van der Waals surface area (Å²) in [6.07, 6.45) is 4.78. The highest BCUT2D eigenvalue weighted by Crippen LogP contribution is 2.18. The fourth-order valence-corrected chi connectivity index (χ4v) is 2.90. The van der Waals surface area contributed by atoms with Crippen molar-refractivity contribution in [2.24, 2.45) is 0 Å². The smallest absolute Gasteiger partial charge is 0.291 e. The number of benzene rings is 2. The highest BCUT2D eigenvalue weighted by atomic mass is 16.5. The van der Waals surface area contributed by atoms with Crippen LogP contribution < -0.4 is 15.4 Å². The van der Waals surface area contributed by atoms with Gasteiger partial charge in [-0.3, -0.25) is 14.3 Å². The van der Waals surface area contributed by atoms with Crippen molar-refractivity contribution >= 4 is 23.2 Å². The third kappa shape index (κ3) is 5.60. The van der Waals surface area contributed by atoms with E-state index in [-0.39, 0.29) is 24.2 Å². The number of aromatic nitrogens is 2. The van der Waals surface area contributed by atoms with Crippen LogP contribution in [0.2, 0.25) is 0 Å². The summed E-state index contributed by atoms with van der Waals surface area (Å²) in [6.45, 7) is 0.434. The first-order valence-corrected chi connectivity index (χ1v) is 9.60. The van der Waals surface area contributed by atoms with E-state index in [0.717, 1.165) is 5.56 Å². The first-order valence-electron chi connectivity index (χ1n) is 9.60. The monoisotopic (exact) mass is 416 g/mol. The van der Waals surface area contributed by atoms with Crippen LogP contribution in [-0.2, 0) is 11.3 Å². The van der Waals surface area contributed by atoms with Crippen molar-refractivity contribution in [2.75, 3.05) is 17.2 Å². The molecule has 8 nitrogen and oxygen atoms in total. The lowest BCUT2D eigenvalue weighted by Gasteiger charge is -2.08. The number of amides is 2. The van der Waals surface area contributed by atoms with Crippen molar-refractivity contribution in [2.45, 2.75) is 6.54 Å². The van der Waals surface area contributed by atoms with E-state index in [2.05, 4.69) is 15.7 Å².